The van der Waals surface area contributed by atoms with Crippen molar-refractivity contribution in [1.82, 2.24) is 0 Å². The van der Waals surface area contributed by atoms with Crippen molar-refractivity contribution in [3.8, 4) is 0 Å². The lowest BCUT2D eigenvalue weighted by Gasteiger charge is -2.47. The van der Waals surface area contributed by atoms with Gasteiger partial charge >= 0.3 is 5.97 Å². The van der Waals surface area contributed by atoms with E-state index >= 15 is 0 Å². The number of Topliss-reactive ketones (excluding diaryl/α,β-unsaturated/α-hetero) is 2. The standard InChI is InChI=1S/C31H44NO5/c1-19-26-14-11-22(28(26)30(35)20(2)29(19)34)10-7-15-32(3)23-12-13-24(32)17-25(16-23)37-31(36)27(18-33)21-8-5-4-6-9-21/h4-6,8-9,19-20,22-28,33H,7,10-18H2,1-3H3/q+1. The number of ketones is 2. The molecule has 2 aliphatic carbocycles. The summed E-state index contributed by atoms with van der Waals surface area (Å²) in [7, 11) is 2.38. The van der Waals surface area contributed by atoms with Crippen LogP contribution in [0.4, 0.5) is 0 Å². The summed E-state index contributed by atoms with van der Waals surface area (Å²) in [6, 6.07) is 10.4. The molecule has 5 rings (SSSR count). The molecule has 202 valence electrons. The smallest absolute Gasteiger partial charge is 0.316 e. The van der Waals surface area contributed by atoms with Gasteiger partial charge in [-0.2, -0.15) is 0 Å². The normalized spacial score (nSPS) is 39.9. The van der Waals surface area contributed by atoms with Crippen LogP contribution < -0.4 is 0 Å². The van der Waals surface area contributed by atoms with Crippen LogP contribution in [0.2, 0.25) is 0 Å². The Bertz CT molecular complexity index is 994. The first-order valence-electron chi connectivity index (χ1n) is 14.5. The van der Waals surface area contributed by atoms with Crippen LogP contribution in [-0.2, 0) is 19.1 Å². The van der Waals surface area contributed by atoms with Crippen LogP contribution in [0.1, 0.15) is 76.7 Å². The van der Waals surface area contributed by atoms with Crippen molar-refractivity contribution in [3.63, 3.8) is 0 Å². The van der Waals surface area contributed by atoms with Gasteiger partial charge in [0.25, 0.3) is 0 Å². The van der Waals surface area contributed by atoms with Crippen molar-refractivity contribution >= 4 is 17.5 Å². The number of esters is 1. The summed E-state index contributed by atoms with van der Waals surface area (Å²) in [5, 5.41) is 9.85. The van der Waals surface area contributed by atoms with Gasteiger partial charge in [0.05, 0.1) is 38.2 Å². The number of quaternary nitrogens is 1. The maximum absolute atomic E-state index is 13.0. The van der Waals surface area contributed by atoms with E-state index in [0.717, 1.165) is 55.1 Å². The Balaban J connectivity index is 1.15. The van der Waals surface area contributed by atoms with Crippen LogP contribution in [0.25, 0.3) is 0 Å². The van der Waals surface area contributed by atoms with Crippen LogP contribution in [0.15, 0.2) is 30.3 Å². The number of piperidine rings is 1. The fourth-order valence-electron chi connectivity index (χ4n) is 8.57. The molecule has 8 atom stereocenters. The zero-order valence-electron chi connectivity index (χ0n) is 22.7. The molecule has 1 aromatic carbocycles. The Labute approximate surface area is 221 Å². The zero-order chi connectivity index (χ0) is 26.3. The minimum absolute atomic E-state index is 0.0251. The van der Waals surface area contributed by atoms with E-state index in [0.29, 0.717) is 18.0 Å². The highest BCUT2D eigenvalue weighted by molar-refractivity contribution is 6.06. The molecular weight excluding hydrogens is 466 g/mol. The molecule has 2 saturated heterocycles. The predicted molar refractivity (Wildman–Crippen MR) is 141 cm³/mol. The Morgan fingerprint density at radius 1 is 1.03 bits per heavy atom. The first-order chi connectivity index (χ1) is 17.7. The van der Waals surface area contributed by atoms with E-state index < -0.39 is 11.8 Å². The van der Waals surface area contributed by atoms with E-state index in [-0.39, 0.29) is 48.0 Å². The lowest BCUT2D eigenvalue weighted by Crippen LogP contribution is -2.59. The van der Waals surface area contributed by atoms with Crippen molar-refractivity contribution in [1.29, 1.82) is 0 Å². The van der Waals surface area contributed by atoms with Gasteiger partial charge in [-0.05, 0) is 50.0 Å². The number of aliphatic hydroxyl groups excluding tert-OH is 1. The van der Waals surface area contributed by atoms with Gasteiger partial charge in [0.2, 0.25) is 0 Å². The monoisotopic (exact) mass is 510 g/mol. The Morgan fingerprint density at radius 2 is 1.70 bits per heavy atom. The minimum atomic E-state index is -0.625. The van der Waals surface area contributed by atoms with Crippen LogP contribution >= 0.6 is 0 Å². The van der Waals surface area contributed by atoms with Crippen molar-refractivity contribution in [2.45, 2.75) is 89.3 Å². The number of ether oxygens (including phenoxy) is 1. The quantitative estimate of drug-likeness (QED) is 0.321. The molecule has 6 heteroatoms. The molecule has 6 nitrogen and oxygen atoms in total. The number of nitrogens with zero attached hydrogens (tertiary/aromatic N) is 1. The third kappa shape index (κ3) is 4.80. The average Bonchev–Trinajstić information content (AvgIpc) is 3.35. The highest BCUT2D eigenvalue weighted by Gasteiger charge is 2.54. The number of carbonyl (C=O) groups is 3. The molecule has 8 unspecified atom stereocenters. The lowest BCUT2D eigenvalue weighted by atomic mass is 9.66. The van der Waals surface area contributed by atoms with E-state index in [4.69, 9.17) is 4.74 Å². The predicted octanol–water partition coefficient (Wildman–Crippen LogP) is 4.29. The number of fused-ring (bicyclic) bond motifs is 3. The maximum atomic E-state index is 13.0. The second-order valence-corrected chi connectivity index (χ2v) is 12.6. The highest BCUT2D eigenvalue weighted by Crippen LogP contribution is 2.49. The number of benzene rings is 1. The van der Waals surface area contributed by atoms with Crippen molar-refractivity contribution in [3.05, 3.63) is 35.9 Å². The fourth-order valence-corrected chi connectivity index (χ4v) is 8.57. The van der Waals surface area contributed by atoms with Crippen molar-refractivity contribution in [2.24, 2.45) is 29.6 Å². The molecule has 0 aromatic heterocycles. The highest BCUT2D eigenvalue weighted by atomic mass is 16.5. The first kappa shape index (κ1) is 26.6. The summed E-state index contributed by atoms with van der Waals surface area (Å²) in [5.74, 6) is -0.223. The van der Waals surface area contributed by atoms with E-state index in [1.165, 1.54) is 12.8 Å². The van der Waals surface area contributed by atoms with Crippen LogP contribution in [0.3, 0.4) is 0 Å². The van der Waals surface area contributed by atoms with Gasteiger partial charge in [0.1, 0.15) is 23.6 Å². The number of rotatable bonds is 8. The molecule has 2 saturated carbocycles. The Morgan fingerprint density at radius 3 is 2.35 bits per heavy atom. The number of aliphatic hydroxyl groups is 1. The summed E-state index contributed by atoms with van der Waals surface area (Å²) in [4.78, 5) is 38.4. The SMILES string of the molecule is CC1C(=O)C(C)C2CCC(CCC[N+]3(C)C4CCC3CC(OC(=O)C(CO)c3ccccc3)C4)C2C1=O. The zero-order valence-corrected chi connectivity index (χ0v) is 22.7. The fraction of sp³-hybridized carbons (Fsp3) is 0.710. The lowest BCUT2D eigenvalue weighted by molar-refractivity contribution is -0.949. The third-order valence-corrected chi connectivity index (χ3v) is 10.9. The number of carbonyl (C=O) groups excluding carboxylic acids is 3. The van der Waals surface area contributed by atoms with Gasteiger partial charge in [0, 0.05) is 37.5 Å². The molecule has 37 heavy (non-hydrogen) atoms. The molecule has 4 fully saturated rings. The second-order valence-electron chi connectivity index (χ2n) is 12.6. The molecule has 2 aliphatic heterocycles. The molecule has 0 radical (unpaired) electrons. The summed E-state index contributed by atoms with van der Waals surface area (Å²) in [6.07, 6.45) is 8.29. The Kier molecular flexibility index (Phi) is 7.61. The van der Waals surface area contributed by atoms with E-state index in [2.05, 4.69) is 7.05 Å². The molecular formula is C31H44NO5+. The molecule has 0 amide bonds. The Hall–Kier alpha value is -2.05. The summed E-state index contributed by atoms with van der Waals surface area (Å²) < 4.78 is 7.04. The van der Waals surface area contributed by atoms with E-state index in [1.807, 2.05) is 44.2 Å². The second kappa shape index (κ2) is 10.6. The van der Waals surface area contributed by atoms with E-state index in [1.54, 1.807) is 0 Å². The molecule has 4 aliphatic rings. The number of hydrogen-bond acceptors (Lipinski definition) is 5. The summed E-state index contributed by atoms with van der Waals surface area (Å²) >= 11 is 0. The van der Waals surface area contributed by atoms with Crippen molar-refractivity contribution < 1.29 is 28.7 Å². The number of hydrogen-bond donors (Lipinski definition) is 1. The first-order valence-corrected chi connectivity index (χ1v) is 14.5. The van der Waals surface area contributed by atoms with Gasteiger partial charge in [-0.25, -0.2) is 0 Å². The minimum Gasteiger partial charge on any atom is -0.461 e. The summed E-state index contributed by atoms with van der Waals surface area (Å²) in [6.45, 7) is 4.71. The van der Waals surface area contributed by atoms with E-state index in [9.17, 15) is 19.5 Å². The molecule has 2 bridgehead atoms. The molecule has 0 spiro atoms. The van der Waals surface area contributed by atoms with Crippen molar-refractivity contribution in [2.75, 3.05) is 20.2 Å². The van der Waals surface area contributed by atoms with Gasteiger partial charge < -0.3 is 14.3 Å². The summed E-state index contributed by atoms with van der Waals surface area (Å²) in [5.41, 5.74) is 0.799. The van der Waals surface area contributed by atoms with Crippen LogP contribution in [-0.4, -0.2) is 65.5 Å². The third-order valence-electron chi connectivity index (χ3n) is 10.9. The maximum Gasteiger partial charge on any atom is 0.316 e. The van der Waals surface area contributed by atoms with Gasteiger partial charge in [-0.1, -0.05) is 37.3 Å². The topological polar surface area (TPSA) is 80.7 Å². The van der Waals surface area contributed by atoms with Gasteiger partial charge in [0.15, 0.2) is 0 Å². The molecule has 2 heterocycles. The molecule has 1 N–H and O–H groups in total. The largest absolute Gasteiger partial charge is 0.461 e. The van der Waals surface area contributed by atoms with Crippen LogP contribution in [0, 0.1) is 29.6 Å². The van der Waals surface area contributed by atoms with Gasteiger partial charge in [-0.15, -0.1) is 0 Å². The van der Waals surface area contributed by atoms with Gasteiger partial charge in [-0.3, -0.25) is 14.4 Å². The molecule has 1 aromatic rings. The van der Waals surface area contributed by atoms with Crippen LogP contribution in [0.5, 0.6) is 0 Å². The average molecular weight is 511 g/mol.